The molecule has 2 aromatic rings. The highest BCUT2D eigenvalue weighted by molar-refractivity contribution is 5.84. The Hall–Kier alpha value is -2.04. The van der Waals surface area contributed by atoms with Crippen molar-refractivity contribution in [2.75, 3.05) is 11.9 Å². The third-order valence-electron chi connectivity index (χ3n) is 3.13. The average molecular weight is 245 g/mol. The van der Waals surface area contributed by atoms with Gasteiger partial charge in [-0.25, -0.2) is 0 Å². The summed E-state index contributed by atoms with van der Waals surface area (Å²) < 4.78 is 5.56. The van der Waals surface area contributed by atoms with Crippen molar-refractivity contribution >= 4 is 23.0 Å². The minimum atomic E-state index is -0.249. The van der Waals surface area contributed by atoms with E-state index < -0.39 is 0 Å². The van der Waals surface area contributed by atoms with Crippen LogP contribution in [0.2, 0.25) is 0 Å². The third-order valence-corrected chi connectivity index (χ3v) is 3.13. The minimum Gasteiger partial charge on any atom is -0.424 e. The average Bonchev–Trinajstić information content (AvgIpc) is 2.68. The number of carbonyl (C=O) groups excluding carboxylic acids is 1. The zero-order chi connectivity index (χ0) is 12.4. The van der Waals surface area contributed by atoms with Crippen LogP contribution in [-0.4, -0.2) is 23.5 Å². The van der Waals surface area contributed by atoms with Crippen LogP contribution in [0.15, 0.2) is 28.7 Å². The van der Waals surface area contributed by atoms with Crippen molar-refractivity contribution in [2.45, 2.75) is 25.3 Å². The number of rotatable bonds is 2. The number of nitrogens with one attached hydrogen (secondary N) is 2. The minimum absolute atomic E-state index is 0.0229. The van der Waals surface area contributed by atoms with E-state index in [4.69, 9.17) is 4.42 Å². The molecule has 1 aliphatic heterocycles. The van der Waals surface area contributed by atoms with Gasteiger partial charge in [-0.15, -0.1) is 0 Å². The first-order chi connectivity index (χ1) is 8.83. The van der Waals surface area contributed by atoms with E-state index in [0.29, 0.717) is 6.01 Å². The van der Waals surface area contributed by atoms with Gasteiger partial charge in [-0.05, 0) is 31.4 Å². The molecule has 3 rings (SSSR count). The normalized spacial score (nSPS) is 20.4. The highest BCUT2D eigenvalue weighted by Gasteiger charge is 2.22. The molecule has 1 saturated heterocycles. The van der Waals surface area contributed by atoms with Crippen molar-refractivity contribution in [1.29, 1.82) is 0 Å². The maximum absolute atomic E-state index is 11.8. The molecule has 0 bridgehead atoms. The number of nitrogens with zero attached hydrogens (tertiary/aromatic N) is 1. The van der Waals surface area contributed by atoms with Gasteiger partial charge in [0.15, 0.2) is 5.58 Å². The number of amides is 1. The van der Waals surface area contributed by atoms with Crippen molar-refractivity contribution in [3.8, 4) is 0 Å². The number of hydrogen-bond donors (Lipinski definition) is 2. The fourth-order valence-electron chi connectivity index (χ4n) is 2.16. The van der Waals surface area contributed by atoms with E-state index in [0.717, 1.165) is 36.9 Å². The first-order valence-corrected chi connectivity index (χ1v) is 6.23. The van der Waals surface area contributed by atoms with Crippen LogP contribution in [0.4, 0.5) is 6.01 Å². The molecule has 18 heavy (non-hydrogen) atoms. The maximum Gasteiger partial charge on any atom is 0.296 e. The molecule has 1 aromatic carbocycles. The van der Waals surface area contributed by atoms with Crippen LogP contribution >= 0.6 is 0 Å². The summed E-state index contributed by atoms with van der Waals surface area (Å²) >= 11 is 0. The summed E-state index contributed by atoms with van der Waals surface area (Å²) in [7, 11) is 0. The summed E-state index contributed by atoms with van der Waals surface area (Å²) in [6.45, 7) is 0.755. The van der Waals surface area contributed by atoms with Crippen LogP contribution in [0.1, 0.15) is 19.3 Å². The second kappa shape index (κ2) is 4.68. The van der Waals surface area contributed by atoms with E-state index in [9.17, 15) is 4.79 Å². The number of aromatic nitrogens is 1. The van der Waals surface area contributed by atoms with E-state index in [1.807, 2.05) is 24.3 Å². The van der Waals surface area contributed by atoms with Crippen molar-refractivity contribution in [3.05, 3.63) is 24.3 Å². The Balaban J connectivity index is 1.80. The Kier molecular flexibility index (Phi) is 2.88. The number of anilines is 1. The standard InChI is InChI=1S/C13H15N3O2/c17-12-10(6-3-4-8-14-12)16-13-15-9-5-1-2-7-11(9)18-13/h1-2,5,7,10H,3-4,6,8H2,(H,14,17)(H,15,16)/t10-/m1/s1. The number of para-hydroxylation sites is 2. The molecule has 0 radical (unpaired) electrons. The molecule has 1 aliphatic rings. The first kappa shape index (κ1) is 11.1. The monoisotopic (exact) mass is 245 g/mol. The summed E-state index contributed by atoms with van der Waals surface area (Å²) in [6, 6.07) is 7.72. The molecule has 94 valence electrons. The zero-order valence-corrected chi connectivity index (χ0v) is 9.98. The molecule has 2 heterocycles. The number of hydrogen-bond acceptors (Lipinski definition) is 4. The lowest BCUT2D eigenvalue weighted by atomic mass is 10.1. The molecule has 0 saturated carbocycles. The van der Waals surface area contributed by atoms with Gasteiger partial charge in [-0.3, -0.25) is 4.79 Å². The van der Waals surface area contributed by atoms with Gasteiger partial charge >= 0.3 is 0 Å². The van der Waals surface area contributed by atoms with Crippen LogP contribution < -0.4 is 10.6 Å². The van der Waals surface area contributed by atoms with Gasteiger partial charge in [-0.1, -0.05) is 12.1 Å². The molecular formula is C13H15N3O2. The van der Waals surface area contributed by atoms with E-state index in [2.05, 4.69) is 15.6 Å². The van der Waals surface area contributed by atoms with Crippen LogP contribution in [0.5, 0.6) is 0 Å². The second-order valence-electron chi connectivity index (χ2n) is 4.47. The van der Waals surface area contributed by atoms with Crippen LogP contribution in [0, 0.1) is 0 Å². The van der Waals surface area contributed by atoms with Crippen molar-refractivity contribution in [2.24, 2.45) is 0 Å². The van der Waals surface area contributed by atoms with Crippen molar-refractivity contribution in [3.63, 3.8) is 0 Å². The molecule has 1 fully saturated rings. The lowest BCUT2D eigenvalue weighted by molar-refractivity contribution is -0.121. The fourth-order valence-corrected chi connectivity index (χ4v) is 2.16. The Morgan fingerprint density at radius 2 is 2.22 bits per heavy atom. The predicted molar refractivity (Wildman–Crippen MR) is 68.3 cm³/mol. The molecule has 1 aromatic heterocycles. The van der Waals surface area contributed by atoms with Crippen LogP contribution in [0.25, 0.3) is 11.1 Å². The van der Waals surface area contributed by atoms with Gasteiger partial charge in [-0.2, -0.15) is 4.98 Å². The molecule has 5 nitrogen and oxygen atoms in total. The van der Waals surface area contributed by atoms with Crippen molar-refractivity contribution < 1.29 is 9.21 Å². The van der Waals surface area contributed by atoms with Crippen LogP contribution in [0.3, 0.4) is 0 Å². The second-order valence-corrected chi connectivity index (χ2v) is 4.47. The summed E-state index contributed by atoms with van der Waals surface area (Å²) in [6.07, 6.45) is 2.86. The highest BCUT2D eigenvalue weighted by Crippen LogP contribution is 2.20. The molecular weight excluding hydrogens is 230 g/mol. The largest absolute Gasteiger partial charge is 0.424 e. The van der Waals surface area contributed by atoms with Gasteiger partial charge in [0.25, 0.3) is 6.01 Å². The first-order valence-electron chi connectivity index (χ1n) is 6.23. The molecule has 0 aliphatic carbocycles. The molecule has 0 unspecified atom stereocenters. The predicted octanol–water partition coefficient (Wildman–Crippen LogP) is 1.91. The van der Waals surface area contributed by atoms with Gasteiger partial charge in [0.1, 0.15) is 11.6 Å². The van der Waals surface area contributed by atoms with Gasteiger partial charge in [0, 0.05) is 6.54 Å². The van der Waals surface area contributed by atoms with E-state index in [1.165, 1.54) is 0 Å². The lowest BCUT2D eigenvalue weighted by Gasteiger charge is -2.12. The van der Waals surface area contributed by atoms with E-state index >= 15 is 0 Å². The summed E-state index contributed by atoms with van der Waals surface area (Å²) in [5, 5.41) is 5.95. The van der Waals surface area contributed by atoms with E-state index in [1.54, 1.807) is 0 Å². The molecule has 1 amide bonds. The maximum atomic E-state index is 11.8. The van der Waals surface area contributed by atoms with Gasteiger partial charge in [0.05, 0.1) is 0 Å². The SMILES string of the molecule is O=C1NCCCC[C@H]1Nc1nc2ccccc2o1. The summed E-state index contributed by atoms with van der Waals surface area (Å²) in [5.41, 5.74) is 1.53. The van der Waals surface area contributed by atoms with Gasteiger partial charge in [0.2, 0.25) is 5.91 Å². The Bertz CT molecular complexity index is 531. The Labute approximate surface area is 105 Å². The molecule has 5 heteroatoms. The molecule has 2 N–H and O–H groups in total. The number of carbonyl (C=O) groups is 1. The number of oxazole rings is 1. The summed E-state index contributed by atoms with van der Waals surface area (Å²) in [4.78, 5) is 16.1. The quantitative estimate of drug-likeness (QED) is 0.848. The zero-order valence-electron chi connectivity index (χ0n) is 9.98. The fraction of sp³-hybridized carbons (Fsp3) is 0.385. The van der Waals surface area contributed by atoms with Crippen LogP contribution in [-0.2, 0) is 4.79 Å². The number of fused-ring (bicyclic) bond motifs is 1. The third kappa shape index (κ3) is 2.16. The Morgan fingerprint density at radius 1 is 1.33 bits per heavy atom. The van der Waals surface area contributed by atoms with E-state index in [-0.39, 0.29) is 11.9 Å². The molecule has 1 atom stereocenters. The highest BCUT2D eigenvalue weighted by atomic mass is 16.4. The van der Waals surface area contributed by atoms with Crippen molar-refractivity contribution in [1.82, 2.24) is 10.3 Å². The summed E-state index contributed by atoms with van der Waals surface area (Å²) in [5.74, 6) is 0.0229. The lowest BCUT2D eigenvalue weighted by Crippen LogP contribution is -2.37. The topological polar surface area (TPSA) is 67.2 Å². The number of benzene rings is 1. The molecule has 0 spiro atoms. The Morgan fingerprint density at radius 3 is 3.11 bits per heavy atom. The smallest absolute Gasteiger partial charge is 0.296 e. The van der Waals surface area contributed by atoms with Gasteiger partial charge < -0.3 is 15.1 Å².